The Hall–Kier alpha value is -1.67. The maximum atomic E-state index is 12.8. The summed E-state index contributed by atoms with van der Waals surface area (Å²) in [5.41, 5.74) is 3.18. The Balaban J connectivity index is 1.42. The first-order valence-electron chi connectivity index (χ1n) is 10.3. The van der Waals surface area contributed by atoms with E-state index in [1.807, 2.05) is 47.8 Å². The van der Waals surface area contributed by atoms with Crippen molar-refractivity contribution in [2.75, 3.05) is 51.5 Å². The Morgan fingerprint density at radius 3 is 2.40 bits per heavy atom. The Kier molecular flexibility index (Phi) is 7.60. The van der Waals surface area contributed by atoms with Gasteiger partial charge in [-0.3, -0.25) is 9.69 Å². The highest BCUT2D eigenvalue weighted by molar-refractivity contribution is 8.19. The largest absolute Gasteiger partial charge is 0.497 e. The molecule has 2 heterocycles. The van der Waals surface area contributed by atoms with Crippen LogP contribution in [0, 0.1) is 0 Å². The Bertz CT molecular complexity index is 817. The molecule has 1 amide bonds. The van der Waals surface area contributed by atoms with Crippen molar-refractivity contribution in [3.8, 4) is 5.75 Å². The lowest BCUT2D eigenvalue weighted by molar-refractivity contribution is 0.0162. The van der Waals surface area contributed by atoms with Crippen LogP contribution < -0.4 is 10.1 Å². The van der Waals surface area contributed by atoms with Crippen molar-refractivity contribution in [2.45, 2.75) is 10.6 Å². The maximum absolute atomic E-state index is 12.8. The van der Waals surface area contributed by atoms with Crippen molar-refractivity contribution < 1.29 is 14.3 Å². The minimum atomic E-state index is -0.0277. The minimum absolute atomic E-state index is 0.0277. The molecular formula is C23H28N2O3S2. The van der Waals surface area contributed by atoms with E-state index in [2.05, 4.69) is 34.5 Å². The first kappa shape index (κ1) is 21.6. The maximum Gasteiger partial charge on any atom is 0.251 e. The number of thioether (sulfide) groups is 2. The molecule has 4 rings (SSSR count). The highest BCUT2D eigenvalue weighted by atomic mass is 32.2. The van der Waals surface area contributed by atoms with E-state index < -0.39 is 0 Å². The Morgan fingerprint density at radius 2 is 1.77 bits per heavy atom. The summed E-state index contributed by atoms with van der Waals surface area (Å²) in [6, 6.07) is 16.3. The molecule has 160 valence electrons. The predicted molar refractivity (Wildman–Crippen MR) is 125 cm³/mol. The molecule has 0 radical (unpaired) electrons. The van der Waals surface area contributed by atoms with Crippen molar-refractivity contribution in [1.82, 2.24) is 10.2 Å². The first-order valence-corrected chi connectivity index (χ1v) is 12.4. The molecule has 30 heavy (non-hydrogen) atoms. The Labute approximate surface area is 186 Å². The number of ether oxygens (including phenoxy) is 2. The predicted octanol–water partition coefficient (Wildman–Crippen LogP) is 3.98. The summed E-state index contributed by atoms with van der Waals surface area (Å²) in [5, 5.41) is 3.15. The molecule has 0 aromatic heterocycles. The van der Waals surface area contributed by atoms with Crippen molar-refractivity contribution in [3.05, 3.63) is 65.2 Å². The smallest absolute Gasteiger partial charge is 0.251 e. The molecule has 1 atom stereocenters. The first-order chi connectivity index (χ1) is 14.7. The number of nitrogens with one attached hydrogen (secondary N) is 1. The molecule has 2 aromatic rings. The molecule has 2 aromatic carbocycles. The number of morpholine rings is 1. The summed E-state index contributed by atoms with van der Waals surface area (Å²) in [4.78, 5) is 15.2. The number of methoxy groups -OCH3 is 1. The van der Waals surface area contributed by atoms with E-state index in [1.165, 1.54) is 22.6 Å². The second-order valence-electron chi connectivity index (χ2n) is 7.34. The van der Waals surface area contributed by atoms with Gasteiger partial charge in [0, 0.05) is 36.7 Å². The standard InChI is InChI=1S/C23H28N2O3S2/c1-27-20-8-6-17(7-9-20)21(25-10-12-28-13-11-25)16-24-22(26)18-2-4-19(5-3-18)23-29-14-15-30-23/h2-9,21,23H,10-16H2,1H3,(H,24,26)/t21-/m1/s1. The SMILES string of the molecule is COc1ccc([C@@H](CNC(=O)c2ccc(C3SCCS3)cc2)N2CCOCC2)cc1. The third-order valence-electron chi connectivity index (χ3n) is 5.51. The minimum Gasteiger partial charge on any atom is -0.497 e. The van der Waals surface area contributed by atoms with Crippen LogP contribution in [0.1, 0.15) is 32.1 Å². The fraction of sp³-hybridized carbons (Fsp3) is 0.435. The van der Waals surface area contributed by atoms with Gasteiger partial charge in [-0.1, -0.05) is 24.3 Å². The van der Waals surface area contributed by atoms with E-state index in [-0.39, 0.29) is 11.9 Å². The van der Waals surface area contributed by atoms with Crippen molar-refractivity contribution in [1.29, 1.82) is 0 Å². The lowest BCUT2D eigenvalue weighted by atomic mass is 10.0. The van der Waals surface area contributed by atoms with E-state index in [0.29, 0.717) is 16.7 Å². The average Bonchev–Trinajstić information content (AvgIpc) is 3.35. The van der Waals surface area contributed by atoms with Gasteiger partial charge in [0.15, 0.2) is 0 Å². The zero-order chi connectivity index (χ0) is 20.8. The van der Waals surface area contributed by atoms with Gasteiger partial charge < -0.3 is 14.8 Å². The number of hydrogen-bond acceptors (Lipinski definition) is 6. The number of amides is 1. The summed E-state index contributed by atoms with van der Waals surface area (Å²) in [5.74, 6) is 3.21. The number of carbonyl (C=O) groups is 1. The van der Waals surface area contributed by atoms with Gasteiger partial charge in [-0.25, -0.2) is 0 Å². The summed E-state index contributed by atoms with van der Waals surface area (Å²) < 4.78 is 11.3. The highest BCUT2D eigenvalue weighted by Gasteiger charge is 2.24. The normalized spacial score (nSPS) is 18.8. The lowest BCUT2D eigenvalue weighted by Crippen LogP contribution is -2.43. The molecule has 1 N–H and O–H groups in total. The molecule has 2 aliphatic rings. The zero-order valence-electron chi connectivity index (χ0n) is 17.2. The molecule has 7 heteroatoms. The van der Waals surface area contributed by atoms with Crippen molar-refractivity contribution in [3.63, 3.8) is 0 Å². The number of rotatable bonds is 7. The molecule has 5 nitrogen and oxygen atoms in total. The van der Waals surface area contributed by atoms with Crippen LogP contribution in [-0.2, 0) is 4.74 Å². The second-order valence-corrected chi connectivity index (χ2v) is 10.1. The fourth-order valence-corrected chi connectivity index (χ4v) is 6.67. The van der Waals surface area contributed by atoms with Crippen LogP contribution in [0.2, 0.25) is 0 Å². The second kappa shape index (κ2) is 10.6. The Morgan fingerprint density at radius 1 is 1.10 bits per heavy atom. The third-order valence-corrected chi connectivity index (χ3v) is 8.61. The van der Waals surface area contributed by atoms with Crippen LogP contribution >= 0.6 is 23.5 Å². The summed E-state index contributed by atoms with van der Waals surface area (Å²) in [7, 11) is 1.67. The molecule has 0 bridgehead atoms. The fourth-order valence-electron chi connectivity index (χ4n) is 3.81. The van der Waals surface area contributed by atoms with Crippen LogP contribution in [0.25, 0.3) is 0 Å². The average molecular weight is 445 g/mol. The summed E-state index contributed by atoms with van der Waals surface area (Å²) in [6.07, 6.45) is 0. The quantitative estimate of drug-likeness (QED) is 0.697. The zero-order valence-corrected chi connectivity index (χ0v) is 18.8. The lowest BCUT2D eigenvalue weighted by Gasteiger charge is -2.35. The van der Waals surface area contributed by atoms with Crippen LogP contribution in [0.15, 0.2) is 48.5 Å². The van der Waals surface area contributed by atoms with E-state index >= 15 is 0 Å². The molecule has 0 unspecified atom stereocenters. The number of carbonyl (C=O) groups excluding carboxylic acids is 1. The number of hydrogen-bond donors (Lipinski definition) is 1. The monoisotopic (exact) mass is 444 g/mol. The van der Waals surface area contributed by atoms with E-state index in [9.17, 15) is 4.79 Å². The van der Waals surface area contributed by atoms with Crippen LogP contribution in [0.3, 0.4) is 0 Å². The molecule has 2 aliphatic heterocycles. The molecular weight excluding hydrogens is 416 g/mol. The van der Waals surface area contributed by atoms with Gasteiger partial charge in [-0.15, -0.1) is 23.5 Å². The van der Waals surface area contributed by atoms with E-state index in [1.54, 1.807) is 7.11 Å². The molecule has 0 aliphatic carbocycles. The van der Waals surface area contributed by atoms with Gasteiger partial charge in [0.05, 0.1) is 30.9 Å². The highest BCUT2D eigenvalue weighted by Crippen LogP contribution is 2.45. The molecule has 2 fully saturated rings. The number of benzene rings is 2. The molecule has 0 spiro atoms. The molecule has 2 saturated heterocycles. The van der Waals surface area contributed by atoms with Gasteiger partial charge in [0.2, 0.25) is 0 Å². The summed E-state index contributed by atoms with van der Waals surface area (Å²) >= 11 is 3.96. The van der Waals surface area contributed by atoms with E-state index in [4.69, 9.17) is 9.47 Å². The van der Waals surface area contributed by atoms with Gasteiger partial charge in [0.25, 0.3) is 5.91 Å². The summed E-state index contributed by atoms with van der Waals surface area (Å²) in [6.45, 7) is 3.72. The third kappa shape index (κ3) is 5.32. The van der Waals surface area contributed by atoms with Crippen LogP contribution in [0.5, 0.6) is 5.75 Å². The van der Waals surface area contributed by atoms with Crippen molar-refractivity contribution in [2.24, 2.45) is 0 Å². The van der Waals surface area contributed by atoms with Gasteiger partial charge in [-0.2, -0.15) is 0 Å². The van der Waals surface area contributed by atoms with Gasteiger partial charge >= 0.3 is 0 Å². The van der Waals surface area contributed by atoms with Crippen molar-refractivity contribution >= 4 is 29.4 Å². The topological polar surface area (TPSA) is 50.8 Å². The number of nitrogens with zero attached hydrogens (tertiary/aromatic N) is 1. The van der Waals surface area contributed by atoms with E-state index in [0.717, 1.165) is 32.1 Å². The molecule has 0 saturated carbocycles. The van der Waals surface area contributed by atoms with Gasteiger partial charge in [0.1, 0.15) is 5.75 Å². The van der Waals surface area contributed by atoms with Crippen LogP contribution in [-0.4, -0.2) is 62.3 Å². The van der Waals surface area contributed by atoms with Gasteiger partial charge in [-0.05, 0) is 35.4 Å². The van der Waals surface area contributed by atoms with Crippen LogP contribution in [0.4, 0.5) is 0 Å².